The molecule has 0 bridgehead atoms. The van der Waals surface area contributed by atoms with Crippen LogP contribution < -0.4 is 5.32 Å². The standard InChI is InChI=1S/C8H21NP2/c1-10(2)7-5-9-6-8-11(3)4/h9H,5-8H2,1-4H3. The van der Waals surface area contributed by atoms with Crippen molar-refractivity contribution in [3.63, 3.8) is 0 Å². The topological polar surface area (TPSA) is 12.0 Å². The molecule has 0 aliphatic carbocycles. The minimum atomic E-state index is 0.310. The first kappa shape index (κ1) is 11.8. The Bertz CT molecular complexity index is 74.2. The van der Waals surface area contributed by atoms with E-state index in [9.17, 15) is 0 Å². The molecule has 3 heteroatoms. The molecule has 0 fully saturated rings. The average molecular weight is 193 g/mol. The van der Waals surface area contributed by atoms with Gasteiger partial charge in [0.1, 0.15) is 0 Å². The highest BCUT2D eigenvalue weighted by molar-refractivity contribution is 7.56. The van der Waals surface area contributed by atoms with Crippen LogP contribution in [0, 0.1) is 0 Å². The summed E-state index contributed by atoms with van der Waals surface area (Å²) >= 11 is 0. The van der Waals surface area contributed by atoms with Gasteiger partial charge in [-0.3, -0.25) is 0 Å². The largest absolute Gasteiger partial charge is 0.316 e. The molecule has 0 aromatic rings. The van der Waals surface area contributed by atoms with Crippen molar-refractivity contribution < 1.29 is 0 Å². The molecule has 0 amide bonds. The Kier molecular flexibility index (Phi) is 8.02. The van der Waals surface area contributed by atoms with E-state index in [0.717, 1.165) is 0 Å². The summed E-state index contributed by atoms with van der Waals surface area (Å²) in [4.78, 5) is 0. The molecule has 0 aliphatic rings. The minimum Gasteiger partial charge on any atom is -0.316 e. The SMILES string of the molecule is CP(C)CCNCCP(C)C. The van der Waals surface area contributed by atoms with Gasteiger partial charge in [0.05, 0.1) is 0 Å². The average Bonchev–Trinajstić information content (AvgIpc) is 1.85. The van der Waals surface area contributed by atoms with Gasteiger partial charge in [-0.2, -0.15) is 0 Å². The molecule has 68 valence electrons. The highest BCUT2D eigenvalue weighted by Gasteiger charge is 1.93. The maximum absolute atomic E-state index is 3.48. The van der Waals surface area contributed by atoms with Crippen molar-refractivity contribution >= 4 is 15.8 Å². The smallest absolute Gasteiger partial charge is 0.000954 e. The van der Waals surface area contributed by atoms with E-state index < -0.39 is 0 Å². The van der Waals surface area contributed by atoms with Gasteiger partial charge in [-0.1, -0.05) is 0 Å². The lowest BCUT2D eigenvalue weighted by molar-refractivity contribution is 0.770. The second-order valence-electron chi connectivity index (χ2n) is 3.36. The highest BCUT2D eigenvalue weighted by atomic mass is 31.1. The van der Waals surface area contributed by atoms with Gasteiger partial charge in [-0.25, -0.2) is 0 Å². The summed E-state index contributed by atoms with van der Waals surface area (Å²) in [5, 5.41) is 3.48. The maximum atomic E-state index is 3.48. The lowest BCUT2D eigenvalue weighted by Gasteiger charge is -2.08. The Labute approximate surface area is 73.8 Å². The van der Waals surface area contributed by atoms with Crippen LogP contribution in [0.2, 0.25) is 0 Å². The molecule has 0 radical (unpaired) electrons. The fraction of sp³-hybridized carbons (Fsp3) is 1.00. The predicted octanol–water partition coefficient (Wildman–Crippen LogP) is 2.06. The van der Waals surface area contributed by atoms with Crippen LogP contribution >= 0.6 is 15.8 Å². The lowest BCUT2D eigenvalue weighted by Crippen LogP contribution is -2.20. The summed E-state index contributed by atoms with van der Waals surface area (Å²) in [6.07, 6.45) is 2.75. The van der Waals surface area contributed by atoms with Gasteiger partial charge in [-0.15, -0.1) is 15.8 Å². The molecule has 0 aromatic carbocycles. The van der Waals surface area contributed by atoms with Crippen molar-refractivity contribution in [1.29, 1.82) is 0 Å². The van der Waals surface area contributed by atoms with E-state index in [-0.39, 0.29) is 0 Å². The molecule has 11 heavy (non-hydrogen) atoms. The zero-order valence-electron chi connectivity index (χ0n) is 8.22. The fourth-order valence-electron chi connectivity index (χ4n) is 0.730. The molecule has 0 atom stereocenters. The van der Waals surface area contributed by atoms with Crippen LogP contribution in [-0.2, 0) is 0 Å². The lowest BCUT2D eigenvalue weighted by atomic mass is 10.7. The first-order chi connectivity index (χ1) is 5.13. The summed E-state index contributed by atoms with van der Waals surface area (Å²) in [6, 6.07) is 0. The van der Waals surface area contributed by atoms with Crippen LogP contribution in [-0.4, -0.2) is 52.1 Å². The second-order valence-corrected chi connectivity index (χ2v) is 8.57. The van der Waals surface area contributed by atoms with E-state index in [0.29, 0.717) is 15.8 Å². The molecule has 0 aromatic heterocycles. The number of hydrogen-bond donors (Lipinski definition) is 1. The van der Waals surface area contributed by atoms with Crippen molar-refractivity contribution in [2.75, 3.05) is 52.1 Å². The summed E-state index contributed by atoms with van der Waals surface area (Å²) in [5.41, 5.74) is 0. The molecule has 0 spiro atoms. The number of rotatable bonds is 6. The van der Waals surface area contributed by atoms with E-state index in [1.54, 1.807) is 0 Å². The van der Waals surface area contributed by atoms with E-state index >= 15 is 0 Å². The Morgan fingerprint density at radius 2 is 1.18 bits per heavy atom. The molecule has 1 nitrogen and oxygen atoms in total. The summed E-state index contributed by atoms with van der Waals surface area (Å²) < 4.78 is 0. The van der Waals surface area contributed by atoms with Crippen molar-refractivity contribution in [2.24, 2.45) is 0 Å². The Balaban J connectivity index is 2.91. The third-order valence-corrected chi connectivity index (χ3v) is 3.71. The molecule has 0 saturated carbocycles. The monoisotopic (exact) mass is 193 g/mol. The molecular weight excluding hydrogens is 172 g/mol. The summed E-state index contributed by atoms with van der Waals surface area (Å²) in [7, 11) is 0.621. The van der Waals surface area contributed by atoms with E-state index in [2.05, 4.69) is 32.0 Å². The third-order valence-electron chi connectivity index (χ3n) is 1.47. The summed E-state index contributed by atoms with van der Waals surface area (Å²) in [5.74, 6) is 0. The first-order valence-corrected chi connectivity index (χ1v) is 8.97. The third kappa shape index (κ3) is 10.8. The molecule has 0 unspecified atom stereocenters. The van der Waals surface area contributed by atoms with Gasteiger partial charge in [0.25, 0.3) is 0 Å². The maximum Gasteiger partial charge on any atom is -0.000954 e. The van der Waals surface area contributed by atoms with Crippen molar-refractivity contribution in [3.05, 3.63) is 0 Å². The van der Waals surface area contributed by atoms with Crippen LogP contribution in [0.3, 0.4) is 0 Å². The number of nitrogens with one attached hydrogen (secondary N) is 1. The van der Waals surface area contributed by atoms with Crippen molar-refractivity contribution in [3.8, 4) is 0 Å². The van der Waals surface area contributed by atoms with Crippen molar-refractivity contribution in [1.82, 2.24) is 5.32 Å². The molecule has 0 rings (SSSR count). The van der Waals surface area contributed by atoms with Crippen LogP contribution in [0.15, 0.2) is 0 Å². The minimum absolute atomic E-state index is 0.310. The van der Waals surface area contributed by atoms with Crippen molar-refractivity contribution in [2.45, 2.75) is 0 Å². The van der Waals surface area contributed by atoms with Gasteiger partial charge in [0, 0.05) is 0 Å². The Morgan fingerprint density at radius 3 is 1.45 bits per heavy atom. The zero-order valence-corrected chi connectivity index (χ0v) is 10.0. The van der Waals surface area contributed by atoms with Crippen LogP contribution in [0.1, 0.15) is 0 Å². The summed E-state index contributed by atoms with van der Waals surface area (Å²) in [6.45, 7) is 11.8. The van der Waals surface area contributed by atoms with Gasteiger partial charge in [0.15, 0.2) is 0 Å². The molecule has 0 heterocycles. The quantitative estimate of drug-likeness (QED) is 0.503. The normalized spacial score (nSPS) is 11.5. The van der Waals surface area contributed by atoms with E-state index in [1.165, 1.54) is 25.4 Å². The molecule has 1 N–H and O–H groups in total. The zero-order chi connectivity index (χ0) is 8.69. The van der Waals surface area contributed by atoms with E-state index in [4.69, 9.17) is 0 Å². The van der Waals surface area contributed by atoms with Crippen LogP contribution in [0.25, 0.3) is 0 Å². The van der Waals surface area contributed by atoms with Gasteiger partial charge in [-0.05, 0) is 52.1 Å². The molecular formula is C8H21NP2. The van der Waals surface area contributed by atoms with Gasteiger partial charge in [0.2, 0.25) is 0 Å². The van der Waals surface area contributed by atoms with Gasteiger partial charge < -0.3 is 5.32 Å². The Morgan fingerprint density at radius 1 is 0.818 bits per heavy atom. The van der Waals surface area contributed by atoms with Gasteiger partial charge >= 0.3 is 0 Å². The fourth-order valence-corrected chi connectivity index (χ4v) is 1.94. The highest BCUT2D eigenvalue weighted by Crippen LogP contribution is 2.23. The van der Waals surface area contributed by atoms with Crippen LogP contribution in [0.5, 0.6) is 0 Å². The Hall–Kier alpha value is 0.820. The number of hydrogen-bond acceptors (Lipinski definition) is 1. The molecule has 0 saturated heterocycles. The van der Waals surface area contributed by atoms with E-state index in [1.807, 2.05) is 0 Å². The predicted molar refractivity (Wildman–Crippen MR) is 60.1 cm³/mol. The molecule has 0 aliphatic heterocycles. The first-order valence-electron chi connectivity index (χ1n) is 4.13. The second kappa shape index (κ2) is 7.47. The van der Waals surface area contributed by atoms with Crippen LogP contribution in [0.4, 0.5) is 0 Å².